The normalized spacial score (nSPS) is 17.7. The van der Waals surface area contributed by atoms with E-state index in [0.717, 1.165) is 0 Å². The molecule has 1 saturated heterocycles. The van der Waals surface area contributed by atoms with Crippen molar-refractivity contribution in [3.05, 3.63) is 0 Å². The smallest absolute Gasteiger partial charge is 0.326 e. The highest BCUT2D eigenvalue weighted by atomic mass is 16.4. The van der Waals surface area contributed by atoms with Gasteiger partial charge in [0.1, 0.15) is 30.2 Å². The standard InChI is InChI=1S/C25H45N7O9/c1-14(2)10-17(30-21(36)15(27)12-33)22(37)31-18(13-34)24(39)32-9-5-7-19(32)23(38)28-11-20(35)29-16(25(40)41)6-3-4-8-26/h14-19,33-34H,3-13,26-27H2,1-2H3,(H,28,38)(H,29,35)(H,30,36)(H,31,37)(H,40,41)/t15-,16-,17-,18-,19-/m0/s1. The summed E-state index contributed by atoms with van der Waals surface area (Å²) in [6, 6.07) is -5.86. The molecule has 1 rings (SSSR count). The number of aliphatic hydroxyl groups is 2. The lowest BCUT2D eigenvalue weighted by Crippen LogP contribution is -2.59. The van der Waals surface area contributed by atoms with Gasteiger partial charge in [0.25, 0.3) is 0 Å². The van der Waals surface area contributed by atoms with Crippen LogP contribution in [0.25, 0.3) is 0 Å². The Labute approximate surface area is 238 Å². The predicted molar refractivity (Wildman–Crippen MR) is 146 cm³/mol. The van der Waals surface area contributed by atoms with Crippen LogP contribution in [0.1, 0.15) is 52.4 Å². The zero-order valence-corrected chi connectivity index (χ0v) is 23.6. The number of nitrogens with zero attached hydrogens (tertiary/aromatic N) is 1. The number of nitrogens with two attached hydrogens (primary N) is 2. The summed E-state index contributed by atoms with van der Waals surface area (Å²) in [5.74, 6) is -4.85. The molecule has 0 aromatic carbocycles. The van der Waals surface area contributed by atoms with Crippen LogP contribution in [0.3, 0.4) is 0 Å². The molecule has 0 spiro atoms. The molecule has 0 bridgehead atoms. The maximum atomic E-state index is 13.2. The highest BCUT2D eigenvalue weighted by molar-refractivity contribution is 5.96. The van der Waals surface area contributed by atoms with Crippen LogP contribution in [-0.2, 0) is 28.8 Å². The van der Waals surface area contributed by atoms with Crippen molar-refractivity contribution in [1.82, 2.24) is 26.2 Å². The Morgan fingerprint density at radius 3 is 2.15 bits per heavy atom. The summed E-state index contributed by atoms with van der Waals surface area (Å²) in [5.41, 5.74) is 10.9. The third kappa shape index (κ3) is 12.0. The third-order valence-electron chi connectivity index (χ3n) is 6.51. The molecule has 5 amide bonds. The van der Waals surface area contributed by atoms with Gasteiger partial charge in [0, 0.05) is 6.54 Å². The first-order valence-corrected chi connectivity index (χ1v) is 13.7. The summed E-state index contributed by atoms with van der Waals surface area (Å²) in [7, 11) is 0. The summed E-state index contributed by atoms with van der Waals surface area (Å²) in [6.07, 6.45) is 2.20. The average molecular weight is 588 g/mol. The van der Waals surface area contributed by atoms with Crippen molar-refractivity contribution in [2.45, 2.75) is 82.6 Å². The van der Waals surface area contributed by atoms with Gasteiger partial charge in [0.2, 0.25) is 29.5 Å². The van der Waals surface area contributed by atoms with Gasteiger partial charge >= 0.3 is 5.97 Å². The second-order valence-corrected chi connectivity index (χ2v) is 10.4. The number of aliphatic hydroxyl groups excluding tert-OH is 2. The van der Waals surface area contributed by atoms with E-state index in [0.29, 0.717) is 25.8 Å². The molecule has 0 aromatic rings. The Morgan fingerprint density at radius 1 is 0.927 bits per heavy atom. The first kappa shape index (κ1) is 35.7. The topological polar surface area (TPSA) is 267 Å². The summed E-state index contributed by atoms with van der Waals surface area (Å²) in [5, 5.41) is 37.9. The van der Waals surface area contributed by atoms with Gasteiger partial charge in [0.05, 0.1) is 19.8 Å². The van der Waals surface area contributed by atoms with Gasteiger partial charge in [-0.1, -0.05) is 13.8 Å². The number of carbonyl (C=O) groups is 6. The van der Waals surface area contributed by atoms with Gasteiger partial charge < -0.3 is 53.0 Å². The number of carboxylic acid groups (broad SMARTS) is 1. The maximum Gasteiger partial charge on any atom is 0.326 e. The molecule has 41 heavy (non-hydrogen) atoms. The van der Waals surface area contributed by atoms with Gasteiger partial charge in [0.15, 0.2) is 0 Å². The Hall–Kier alpha value is -3.34. The van der Waals surface area contributed by atoms with Crippen molar-refractivity contribution < 1.29 is 44.1 Å². The van der Waals surface area contributed by atoms with Crippen molar-refractivity contribution in [1.29, 1.82) is 0 Å². The number of likely N-dealkylation sites (tertiary alicyclic amines) is 1. The molecule has 0 aromatic heterocycles. The molecule has 16 nitrogen and oxygen atoms in total. The molecule has 0 unspecified atom stereocenters. The van der Waals surface area contributed by atoms with Crippen LogP contribution < -0.4 is 32.7 Å². The van der Waals surface area contributed by atoms with Crippen LogP contribution in [-0.4, -0.2) is 119 Å². The van der Waals surface area contributed by atoms with E-state index >= 15 is 0 Å². The van der Waals surface area contributed by atoms with Crippen LogP contribution in [0, 0.1) is 5.92 Å². The summed E-state index contributed by atoms with van der Waals surface area (Å²) in [4.78, 5) is 76.0. The second-order valence-electron chi connectivity index (χ2n) is 10.4. The van der Waals surface area contributed by atoms with E-state index in [-0.39, 0.29) is 31.7 Å². The number of amides is 5. The highest BCUT2D eigenvalue weighted by Gasteiger charge is 2.38. The molecular weight excluding hydrogens is 542 g/mol. The minimum atomic E-state index is -1.41. The van der Waals surface area contributed by atoms with Crippen LogP contribution in [0.5, 0.6) is 0 Å². The van der Waals surface area contributed by atoms with Crippen molar-refractivity contribution in [2.75, 3.05) is 32.8 Å². The molecule has 0 aliphatic carbocycles. The number of nitrogens with one attached hydrogen (secondary N) is 4. The monoisotopic (exact) mass is 587 g/mol. The molecular formula is C25H45N7O9. The Bertz CT molecular complexity index is 918. The van der Waals surface area contributed by atoms with Crippen molar-refractivity contribution >= 4 is 35.5 Å². The Morgan fingerprint density at radius 2 is 1.59 bits per heavy atom. The van der Waals surface area contributed by atoms with E-state index in [4.69, 9.17) is 16.6 Å². The number of carboxylic acids is 1. The van der Waals surface area contributed by atoms with Gasteiger partial charge in [-0.05, 0) is 51.0 Å². The number of hydrogen-bond acceptors (Lipinski definition) is 10. The quantitative estimate of drug-likeness (QED) is 0.0700. The van der Waals surface area contributed by atoms with Gasteiger partial charge in [-0.15, -0.1) is 0 Å². The zero-order valence-electron chi connectivity index (χ0n) is 23.6. The predicted octanol–water partition coefficient (Wildman–Crippen LogP) is -3.88. The molecule has 1 aliphatic heterocycles. The number of carbonyl (C=O) groups excluding carboxylic acids is 5. The van der Waals surface area contributed by atoms with Crippen molar-refractivity contribution in [2.24, 2.45) is 17.4 Å². The molecule has 0 radical (unpaired) electrons. The van der Waals surface area contributed by atoms with Crippen molar-refractivity contribution in [3.8, 4) is 0 Å². The Kier molecular flexibility index (Phi) is 15.8. The fraction of sp³-hybridized carbons (Fsp3) is 0.760. The lowest BCUT2D eigenvalue weighted by Gasteiger charge is -2.29. The van der Waals surface area contributed by atoms with Gasteiger partial charge in [-0.25, -0.2) is 4.79 Å². The molecule has 1 fully saturated rings. The van der Waals surface area contributed by atoms with E-state index in [1.165, 1.54) is 4.90 Å². The summed E-state index contributed by atoms with van der Waals surface area (Å²) < 4.78 is 0. The van der Waals surface area contributed by atoms with Crippen molar-refractivity contribution in [3.63, 3.8) is 0 Å². The van der Waals surface area contributed by atoms with E-state index < -0.39 is 85.5 Å². The fourth-order valence-electron chi connectivity index (χ4n) is 4.31. The lowest BCUT2D eigenvalue weighted by molar-refractivity contribution is -0.143. The molecule has 234 valence electrons. The number of aliphatic carboxylic acids is 1. The minimum absolute atomic E-state index is 0.0414. The van der Waals surface area contributed by atoms with E-state index in [1.807, 2.05) is 13.8 Å². The van der Waals surface area contributed by atoms with Gasteiger partial charge in [-0.3, -0.25) is 24.0 Å². The van der Waals surface area contributed by atoms with E-state index in [2.05, 4.69) is 21.3 Å². The summed E-state index contributed by atoms with van der Waals surface area (Å²) >= 11 is 0. The SMILES string of the molecule is CC(C)C[C@H](NC(=O)[C@@H](N)CO)C(=O)N[C@@H](CO)C(=O)N1CCC[C@H]1C(=O)NCC(=O)N[C@@H](CCCCN)C(=O)O. The zero-order chi connectivity index (χ0) is 31.1. The molecule has 1 aliphatic rings. The lowest BCUT2D eigenvalue weighted by atomic mass is 10.0. The summed E-state index contributed by atoms with van der Waals surface area (Å²) in [6.45, 7) is 2.25. The molecule has 11 N–H and O–H groups in total. The largest absolute Gasteiger partial charge is 0.480 e. The first-order valence-electron chi connectivity index (χ1n) is 13.7. The molecule has 0 saturated carbocycles. The van der Waals surface area contributed by atoms with Crippen LogP contribution in [0.2, 0.25) is 0 Å². The van der Waals surface area contributed by atoms with Crippen LogP contribution in [0.15, 0.2) is 0 Å². The first-order chi connectivity index (χ1) is 19.4. The maximum absolute atomic E-state index is 13.2. The second kappa shape index (κ2) is 18.2. The highest BCUT2D eigenvalue weighted by Crippen LogP contribution is 2.19. The van der Waals surface area contributed by atoms with E-state index in [9.17, 15) is 39.0 Å². The van der Waals surface area contributed by atoms with Gasteiger partial charge in [-0.2, -0.15) is 0 Å². The molecule has 1 heterocycles. The fourth-order valence-corrected chi connectivity index (χ4v) is 4.31. The number of unbranched alkanes of at least 4 members (excludes halogenated alkanes) is 1. The van der Waals surface area contributed by atoms with Crippen LogP contribution >= 0.6 is 0 Å². The Balaban J connectivity index is 2.81. The minimum Gasteiger partial charge on any atom is -0.480 e. The van der Waals surface area contributed by atoms with E-state index in [1.54, 1.807) is 0 Å². The number of hydrogen-bond donors (Lipinski definition) is 9. The molecule has 16 heteroatoms. The average Bonchev–Trinajstić information content (AvgIpc) is 3.42. The number of rotatable bonds is 18. The third-order valence-corrected chi connectivity index (χ3v) is 6.51. The molecule has 5 atom stereocenters. The van der Waals surface area contributed by atoms with Crippen LogP contribution in [0.4, 0.5) is 0 Å².